The summed E-state index contributed by atoms with van der Waals surface area (Å²) in [5.74, 6) is -0.851. The lowest BCUT2D eigenvalue weighted by Gasteiger charge is -2.29. The smallest absolute Gasteiger partial charge is 0.337 e. The third kappa shape index (κ3) is 5.89. The van der Waals surface area contributed by atoms with Crippen LogP contribution in [0.4, 0.5) is 4.39 Å². The molecule has 0 amide bonds. The number of aliphatic carboxylic acids is 1. The molecule has 45 heavy (non-hydrogen) atoms. The lowest BCUT2D eigenvalue weighted by atomic mass is 9.86. The van der Waals surface area contributed by atoms with Crippen molar-refractivity contribution in [1.29, 1.82) is 0 Å². The molecule has 10 heteroatoms. The van der Waals surface area contributed by atoms with Gasteiger partial charge in [0, 0.05) is 53.9 Å². The van der Waals surface area contributed by atoms with Crippen molar-refractivity contribution in [3.63, 3.8) is 0 Å². The van der Waals surface area contributed by atoms with Gasteiger partial charge >= 0.3 is 5.97 Å². The predicted molar refractivity (Wildman–Crippen MR) is 168 cm³/mol. The molecule has 0 aliphatic carbocycles. The van der Waals surface area contributed by atoms with Crippen LogP contribution in [-0.4, -0.2) is 57.1 Å². The number of hydrogen-bond donors (Lipinski definition) is 1. The fourth-order valence-corrected chi connectivity index (χ4v) is 6.46. The van der Waals surface area contributed by atoms with E-state index in [1.54, 1.807) is 13.1 Å². The van der Waals surface area contributed by atoms with E-state index in [2.05, 4.69) is 4.98 Å². The van der Waals surface area contributed by atoms with Gasteiger partial charge in [-0.25, -0.2) is 19.2 Å². The van der Waals surface area contributed by atoms with E-state index in [4.69, 9.17) is 23.9 Å². The lowest BCUT2D eigenvalue weighted by molar-refractivity contribution is -0.160. The molecule has 1 fully saturated rings. The molecule has 0 unspecified atom stereocenters. The van der Waals surface area contributed by atoms with E-state index in [0.29, 0.717) is 65.5 Å². The van der Waals surface area contributed by atoms with Gasteiger partial charge in [-0.05, 0) is 82.9 Å². The van der Waals surface area contributed by atoms with Crippen molar-refractivity contribution < 1.29 is 33.2 Å². The third-order valence-corrected chi connectivity index (χ3v) is 8.56. The first-order valence-corrected chi connectivity index (χ1v) is 15.5. The number of pyridine rings is 2. The van der Waals surface area contributed by atoms with E-state index in [9.17, 15) is 9.90 Å². The van der Waals surface area contributed by atoms with Gasteiger partial charge in [0.2, 0.25) is 5.88 Å². The van der Waals surface area contributed by atoms with Crippen molar-refractivity contribution in [2.24, 2.45) is 7.05 Å². The van der Waals surface area contributed by atoms with Crippen molar-refractivity contribution in [3.8, 4) is 34.0 Å². The minimum atomic E-state index is -1.35. The number of aromatic nitrogens is 3. The van der Waals surface area contributed by atoms with Gasteiger partial charge in [0.15, 0.2) is 17.7 Å². The molecule has 1 N–H and O–H groups in total. The van der Waals surface area contributed by atoms with Crippen molar-refractivity contribution in [2.45, 2.75) is 78.1 Å². The fourth-order valence-electron chi connectivity index (χ4n) is 6.46. The summed E-state index contributed by atoms with van der Waals surface area (Å²) in [6.45, 7) is 10.9. The summed E-state index contributed by atoms with van der Waals surface area (Å²) >= 11 is 0. The van der Waals surface area contributed by atoms with Crippen LogP contribution in [0.15, 0.2) is 30.5 Å². The maximum absolute atomic E-state index is 15.8. The zero-order chi connectivity index (χ0) is 32.0. The van der Waals surface area contributed by atoms with Gasteiger partial charge in [0.1, 0.15) is 11.8 Å². The van der Waals surface area contributed by atoms with Gasteiger partial charge in [0.05, 0.1) is 36.7 Å². The monoisotopic (exact) mass is 617 g/mol. The molecular weight excluding hydrogens is 577 g/mol. The summed E-state index contributed by atoms with van der Waals surface area (Å²) in [5.41, 5.74) is 5.09. The number of carboxylic acids is 1. The molecular formula is C35H40FN3O6. The molecule has 1 atom stereocenters. The zero-order valence-corrected chi connectivity index (χ0v) is 26.7. The Morgan fingerprint density at radius 3 is 2.62 bits per heavy atom. The minimum Gasteiger partial charge on any atom is -0.490 e. The van der Waals surface area contributed by atoms with Crippen molar-refractivity contribution in [2.75, 3.05) is 19.8 Å². The van der Waals surface area contributed by atoms with E-state index in [-0.39, 0.29) is 11.9 Å². The number of ether oxygens (including phenoxy) is 4. The Bertz CT molecular complexity index is 1770. The number of benzene rings is 1. The predicted octanol–water partition coefficient (Wildman–Crippen LogP) is 6.88. The summed E-state index contributed by atoms with van der Waals surface area (Å²) in [6.07, 6.45) is 3.33. The molecule has 1 aromatic carbocycles. The Morgan fingerprint density at radius 1 is 1.16 bits per heavy atom. The standard InChI is InChI=1S/C35H40FN3O6/c1-19-22-10-8-14-43-30(22)26(36)17-24(19)29-25-18-27(23-9-7-13-37-33(23)44-21-11-15-42-16-12-21)39(6)32(25)38-20(2)28(29)31(34(40)41)45-35(3,4)5/h7,9,13,17-18,21,31H,8,10-12,14-16H2,1-6H3,(H,40,41)/t31-/m0/s1. The molecule has 0 radical (unpaired) electrons. The third-order valence-electron chi connectivity index (χ3n) is 8.56. The Labute approximate surface area is 262 Å². The molecule has 4 aromatic rings. The highest BCUT2D eigenvalue weighted by molar-refractivity contribution is 6.01. The first-order valence-electron chi connectivity index (χ1n) is 15.5. The molecule has 2 aliphatic heterocycles. The normalized spacial score (nSPS) is 16.3. The maximum Gasteiger partial charge on any atom is 0.337 e. The van der Waals surface area contributed by atoms with E-state index < -0.39 is 23.5 Å². The summed E-state index contributed by atoms with van der Waals surface area (Å²) in [4.78, 5) is 22.4. The second-order valence-electron chi connectivity index (χ2n) is 12.8. The molecule has 238 valence electrons. The molecule has 3 aromatic heterocycles. The van der Waals surface area contributed by atoms with Gasteiger partial charge in [0.25, 0.3) is 0 Å². The molecule has 0 saturated carbocycles. The topological polar surface area (TPSA) is 105 Å². The average molecular weight is 618 g/mol. The van der Waals surface area contributed by atoms with Crippen LogP contribution in [0.2, 0.25) is 0 Å². The molecule has 2 aliphatic rings. The Hall–Kier alpha value is -4.02. The number of carbonyl (C=O) groups is 1. The van der Waals surface area contributed by atoms with Crippen LogP contribution in [-0.2, 0) is 27.7 Å². The van der Waals surface area contributed by atoms with E-state index in [1.165, 1.54) is 6.07 Å². The second-order valence-corrected chi connectivity index (χ2v) is 12.8. The molecule has 9 nitrogen and oxygen atoms in total. The number of hydrogen-bond acceptors (Lipinski definition) is 7. The van der Waals surface area contributed by atoms with E-state index in [1.807, 2.05) is 57.5 Å². The van der Waals surface area contributed by atoms with Crippen LogP contribution in [0.5, 0.6) is 11.6 Å². The molecule has 5 heterocycles. The van der Waals surface area contributed by atoms with Crippen molar-refractivity contribution >= 4 is 17.0 Å². The fraction of sp³-hybridized carbons (Fsp3) is 0.457. The minimum absolute atomic E-state index is 0.0150. The number of halogens is 1. The van der Waals surface area contributed by atoms with Gasteiger partial charge in [-0.3, -0.25) is 0 Å². The van der Waals surface area contributed by atoms with Crippen LogP contribution < -0.4 is 9.47 Å². The Balaban J connectivity index is 1.63. The molecule has 0 spiro atoms. The van der Waals surface area contributed by atoms with Crippen LogP contribution in [0, 0.1) is 19.7 Å². The first-order chi connectivity index (χ1) is 21.4. The molecule has 0 bridgehead atoms. The largest absolute Gasteiger partial charge is 0.490 e. The number of rotatable bonds is 7. The highest BCUT2D eigenvalue weighted by Gasteiger charge is 2.35. The zero-order valence-electron chi connectivity index (χ0n) is 26.7. The summed E-state index contributed by atoms with van der Waals surface area (Å²) in [5, 5.41) is 11.2. The van der Waals surface area contributed by atoms with Crippen LogP contribution in [0.3, 0.4) is 0 Å². The number of fused-ring (bicyclic) bond motifs is 2. The maximum atomic E-state index is 15.8. The SMILES string of the molecule is Cc1nc2c(cc(-c3cccnc3OC3CCOCC3)n2C)c(-c2cc(F)c3c(c2C)CCCO3)c1[C@H](OC(C)(C)C)C(=O)O. The highest BCUT2D eigenvalue weighted by atomic mass is 19.1. The number of carboxylic acid groups (broad SMARTS) is 1. The van der Waals surface area contributed by atoms with Gasteiger partial charge in [-0.15, -0.1) is 0 Å². The quantitative estimate of drug-likeness (QED) is 0.239. The lowest BCUT2D eigenvalue weighted by Crippen LogP contribution is -2.28. The van der Waals surface area contributed by atoms with E-state index in [0.717, 1.165) is 41.6 Å². The summed E-state index contributed by atoms with van der Waals surface area (Å²) in [7, 11) is 1.91. The summed E-state index contributed by atoms with van der Waals surface area (Å²) < 4.78 is 41.5. The van der Waals surface area contributed by atoms with Gasteiger partial charge in [-0.2, -0.15) is 0 Å². The van der Waals surface area contributed by atoms with Crippen molar-refractivity contribution in [3.05, 3.63) is 58.7 Å². The summed E-state index contributed by atoms with van der Waals surface area (Å²) in [6, 6.07) is 7.24. The molecule has 1 saturated heterocycles. The van der Waals surface area contributed by atoms with Crippen LogP contribution in [0.25, 0.3) is 33.4 Å². The van der Waals surface area contributed by atoms with E-state index >= 15 is 4.39 Å². The van der Waals surface area contributed by atoms with Crippen molar-refractivity contribution in [1.82, 2.24) is 14.5 Å². The molecule has 6 rings (SSSR count). The Kier molecular flexibility index (Phi) is 8.30. The van der Waals surface area contributed by atoms with Gasteiger partial charge < -0.3 is 28.6 Å². The van der Waals surface area contributed by atoms with Crippen LogP contribution in [0.1, 0.15) is 68.5 Å². The highest BCUT2D eigenvalue weighted by Crippen LogP contribution is 2.46. The first kappa shape index (κ1) is 31.0. The number of aryl methyl sites for hydroxylation is 2. The van der Waals surface area contributed by atoms with Gasteiger partial charge in [-0.1, -0.05) is 0 Å². The second kappa shape index (κ2) is 12.1. The average Bonchev–Trinajstić information content (AvgIpc) is 3.33. The van der Waals surface area contributed by atoms with Crippen LogP contribution >= 0.6 is 0 Å². The Morgan fingerprint density at radius 2 is 1.91 bits per heavy atom. The number of nitrogens with zero attached hydrogens (tertiary/aromatic N) is 3.